The van der Waals surface area contributed by atoms with Crippen molar-refractivity contribution in [3.05, 3.63) is 35.4 Å². The van der Waals surface area contributed by atoms with E-state index in [4.69, 9.17) is 0 Å². The van der Waals surface area contributed by atoms with Crippen LogP contribution in [0.3, 0.4) is 0 Å². The molecule has 0 aliphatic carbocycles. The highest BCUT2D eigenvalue weighted by Gasteiger charge is 2.26. The van der Waals surface area contributed by atoms with Crippen LogP contribution in [-0.4, -0.2) is 30.6 Å². The zero-order valence-electron chi connectivity index (χ0n) is 13.5. The lowest BCUT2D eigenvalue weighted by Gasteiger charge is -2.39. The fourth-order valence-corrected chi connectivity index (χ4v) is 3.21. The van der Waals surface area contributed by atoms with Gasteiger partial charge in [0.15, 0.2) is 0 Å². The van der Waals surface area contributed by atoms with E-state index in [0.29, 0.717) is 12.1 Å². The number of rotatable bonds is 5. The van der Waals surface area contributed by atoms with Gasteiger partial charge in [0, 0.05) is 12.1 Å². The minimum absolute atomic E-state index is 0.439. The van der Waals surface area contributed by atoms with Crippen LogP contribution in [-0.2, 0) is 0 Å². The Labute approximate surface area is 124 Å². The normalized spacial score (nSPS) is 20.8. The lowest BCUT2D eigenvalue weighted by atomic mass is 9.93. The summed E-state index contributed by atoms with van der Waals surface area (Å²) in [6.45, 7) is 12.6. The molecular formula is C18H30N2. The average Bonchev–Trinajstić information content (AvgIpc) is 2.46. The third kappa shape index (κ3) is 3.83. The monoisotopic (exact) mass is 274 g/mol. The van der Waals surface area contributed by atoms with Gasteiger partial charge in [0.2, 0.25) is 0 Å². The van der Waals surface area contributed by atoms with Gasteiger partial charge in [-0.2, -0.15) is 0 Å². The molecule has 2 heteroatoms. The fraction of sp³-hybridized carbons (Fsp3) is 0.667. The Morgan fingerprint density at radius 3 is 2.35 bits per heavy atom. The minimum atomic E-state index is 0.439. The van der Waals surface area contributed by atoms with Crippen molar-refractivity contribution in [2.24, 2.45) is 5.92 Å². The van der Waals surface area contributed by atoms with Gasteiger partial charge in [-0.15, -0.1) is 0 Å². The summed E-state index contributed by atoms with van der Waals surface area (Å²) in [5, 5.41) is 3.68. The highest BCUT2D eigenvalue weighted by Crippen LogP contribution is 2.25. The van der Waals surface area contributed by atoms with Gasteiger partial charge in [0.1, 0.15) is 0 Å². The van der Waals surface area contributed by atoms with Crippen LogP contribution in [0, 0.1) is 12.8 Å². The van der Waals surface area contributed by atoms with E-state index >= 15 is 0 Å². The molecule has 1 aromatic rings. The van der Waals surface area contributed by atoms with Crippen molar-refractivity contribution >= 4 is 0 Å². The highest BCUT2D eigenvalue weighted by molar-refractivity contribution is 5.25. The second kappa shape index (κ2) is 7.24. The number of likely N-dealkylation sites (tertiary alicyclic amines) is 1. The fourth-order valence-electron chi connectivity index (χ4n) is 3.21. The van der Waals surface area contributed by atoms with Crippen molar-refractivity contribution < 1.29 is 0 Å². The Bertz CT molecular complexity index is 390. The number of hydrogen-bond acceptors (Lipinski definition) is 2. The van der Waals surface area contributed by atoms with E-state index in [1.807, 2.05) is 0 Å². The van der Waals surface area contributed by atoms with Gasteiger partial charge in [-0.05, 0) is 57.8 Å². The van der Waals surface area contributed by atoms with Gasteiger partial charge in [0.25, 0.3) is 0 Å². The third-order valence-corrected chi connectivity index (χ3v) is 4.74. The average molecular weight is 274 g/mol. The Kier molecular flexibility index (Phi) is 5.62. The molecule has 2 unspecified atom stereocenters. The summed E-state index contributed by atoms with van der Waals surface area (Å²) >= 11 is 0. The molecule has 1 heterocycles. The summed E-state index contributed by atoms with van der Waals surface area (Å²) in [7, 11) is 0. The van der Waals surface area contributed by atoms with Crippen molar-refractivity contribution in [3.63, 3.8) is 0 Å². The van der Waals surface area contributed by atoms with E-state index in [1.165, 1.54) is 37.1 Å². The summed E-state index contributed by atoms with van der Waals surface area (Å²) in [6.07, 6.45) is 2.69. The van der Waals surface area contributed by atoms with Crippen LogP contribution >= 0.6 is 0 Å². The molecule has 2 atom stereocenters. The summed E-state index contributed by atoms with van der Waals surface area (Å²) in [5.74, 6) is 0.899. The molecule has 1 N–H and O–H groups in total. The van der Waals surface area contributed by atoms with Crippen molar-refractivity contribution in [3.8, 4) is 0 Å². The van der Waals surface area contributed by atoms with Gasteiger partial charge in [-0.3, -0.25) is 4.90 Å². The first-order valence-electron chi connectivity index (χ1n) is 8.15. The molecule has 0 saturated carbocycles. The van der Waals surface area contributed by atoms with E-state index in [2.05, 4.69) is 62.2 Å². The molecule has 0 bridgehead atoms. The molecule has 1 aromatic carbocycles. The van der Waals surface area contributed by atoms with Crippen LogP contribution in [0.2, 0.25) is 0 Å². The first kappa shape index (κ1) is 15.5. The van der Waals surface area contributed by atoms with Crippen molar-refractivity contribution in [1.82, 2.24) is 10.2 Å². The minimum Gasteiger partial charge on any atom is -0.309 e. The molecule has 20 heavy (non-hydrogen) atoms. The van der Waals surface area contributed by atoms with Gasteiger partial charge in [0.05, 0.1) is 0 Å². The number of piperidine rings is 1. The molecule has 2 rings (SSSR count). The molecule has 1 fully saturated rings. The smallest absolute Gasteiger partial charge is 0.0475 e. The standard InChI is InChI=1S/C18H30N2/c1-5-19-18(17-8-6-14(2)7-9-17)16(4)20-12-10-15(3)11-13-20/h6-9,15-16,18-19H,5,10-13H2,1-4H3. The van der Waals surface area contributed by atoms with E-state index in [1.54, 1.807) is 0 Å². The molecule has 112 valence electrons. The summed E-state index contributed by atoms with van der Waals surface area (Å²) in [4.78, 5) is 2.66. The molecule has 1 aliphatic heterocycles. The molecule has 2 nitrogen and oxygen atoms in total. The van der Waals surface area contributed by atoms with Crippen LogP contribution in [0.1, 0.15) is 50.8 Å². The maximum absolute atomic E-state index is 3.68. The zero-order valence-corrected chi connectivity index (χ0v) is 13.5. The SMILES string of the molecule is CCNC(c1ccc(C)cc1)C(C)N1CCC(C)CC1. The number of likely N-dealkylation sites (N-methyl/N-ethyl adjacent to an activating group) is 1. The van der Waals surface area contributed by atoms with Crippen molar-refractivity contribution in [2.45, 2.75) is 52.6 Å². The summed E-state index contributed by atoms with van der Waals surface area (Å²) in [6, 6.07) is 10.0. The Balaban J connectivity index is 2.09. The predicted molar refractivity (Wildman–Crippen MR) is 87.0 cm³/mol. The van der Waals surface area contributed by atoms with E-state index < -0.39 is 0 Å². The topological polar surface area (TPSA) is 15.3 Å². The number of nitrogens with one attached hydrogen (secondary N) is 1. The largest absolute Gasteiger partial charge is 0.309 e. The molecule has 0 radical (unpaired) electrons. The number of aryl methyl sites for hydroxylation is 1. The second-order valence-corrected chi connectivity index (χ2v) is 6.41. The first-order chi connectivity index (χ1) is 9.61. The van der Waals surface area contributed by atoms with Gasteiger partial charge in [-0.25, -0.2) is 0 Å². The van der Waals surface area contributed by atoms with E-state index in [0.717, 1.165) is 12.5 Å². The van der Waals surface area contributed by atoms with Gasteiger partial charge in [-0.1, -0.05) is 43.7 Å². The summed E-state index contributed by atoms with van der Waals surface area (Å²) in [5.41, 5.74) is 2.76. The van der Waals surface area contributed by atoms with Gasteiger partial charge >= 0.3 is 0 Å². The Morgan fingerprint density at radius 2 is 1.80 bits per heavy atom. The second-order valence-electron chi connectivity index (χ2n) is 6.41. The summed E-state index contributed by atoms with van der Waals surface area (Å²) < 4.78 is 0. The lowest BCUT2D eigenvalue weighted by molar-refractivity contribution is 0.121. The van der Waals surface area contributed by atoms with E-state index in [-0.39, 0.29) is 0 Å². The Hall–Kier alpha value is -0.860. The number of benzene rings is 1. The molecular weight excluding hydrogens is 244 g/mol. The highest BCUT2D eigenvalue weighted by atomic mass is 15.2. The molecule has 1 saturated heterocycles. The predicted octanol–water partition coefficient (Wildman–Crippen LogP) is 3.77. The third-order valence-electron chi connectivity index (χ3n) is 4.74. The van der Waals surface area contributed by atoms with Crippen LogP contribution in [0.4, 0.5) is 0 Å². The molecule has 0 spiro atoms. The van der Waals surface area contributed by atoms with Gasteiger partial charge < -0.3 is 5.32 Å². The molecule has 0 aromatic heterocycles. The first-order valence-corrected chi connectivity index (χ1v) is 8.15. The maximum Gasteiger partial charge on any atom is 0.0475 e. The molecule has 0 amide bonds. The zero-order chi connectivity index (χ0) is 14.5. The van der Waals surface area contributed by atoms with Crippen LogP contribution in [0.5, 0.6) is 0 Å². The van der Waals surface area contributed by atoms with Crippen LogP contribution in [0.15, 0.2) is 24.3 Å². The Morgan fingerprint density at radius 1 is 1.20 bits per heavy atom. The molecule has 1 aliphatic rings. The maximum atomic E-state index is 3.68. The van der Waals surface area contributed by atoms with Crippen LogP contribution < -0.4 is 5.32 Å². The number of nitrogens with zero attached hydrogens (tertiary/aromatic N) is 1. The van der Waals surface area contributed by atoms with Crippen molar-refractivity contribution in [1.29, 1.82) is 0 Å². The van der Waals surface area contributed by atoms with Crippen molar-refractivity contribution in [2.75, 3.05) is 19.6 Å². The number of hydrogen-bond donors (Lipinski definition) is 1. The lowest BCUT2D eigenvalue weighted by Crippen LogP contribution is -2.46. The van der Waals surface area contributed by atoms with E-state index in [9.17, 15) is 0 Å². The quantitative estimate of drug-likeness (QED) is 0.879. The van der Waals surface area contributed by atoms with Crippen LogP contribution in [0.25, 0.3) is 0 Å².